The molecule has 1 aromatic carbocycles. The van der Waals surface area contributed by atoms with Crippen LogP contribution in [0.1, 0.15) is 23.4 Å². The summed E-state index contributed by atoms with van der Waals surface area (Å²) >= 11 is 0. The predicted octanol–water partition coefficient (Wildman–Crippen LogP) is 5.04. The molecule has 35 heavy (non-hydrogen) atoms. The topological polar surface area (TPSA) is 81.1 Å². The molecule has 0 atom stereocenters. The first-order valence-corrected chi connectivity index (χ1v) is 10.8. The minimum Gasteiger partial charge on any atom is -0.437 e. The minimum absolute atomic E-state index is 0.0791. The molecule has 7 nitrogen and oxygen atoms in total. The van der Waals surface area contributed by atoms with Crippen LogP contribution >= 0.6 is 0 Å². The van der Waals surface area contributed by atoms with Gasteiger partial charge >= 0.3 is 6.18 Å². The largest absolute Gasteiger partial charge is 0.437 e. The van der Waals surface area contributed by atoms with Crippen molar-refractivity contribution in [3.05, 3.63) is 78.1 Å². The predicted molar refractivity (Wildman–Crippen MR) is 124 cm³/mol. The summed E-state index contributed by atoms with van der Waals surface area (Å²) in [5, 5.41) is 0.759. The zero-order valence-electron chi connectivity index (χ0n) is 19.1. The van der Waals surface area contributed by atoms with Crippen molar-refractivity contribution in [2.24, 2.45) is 0 Å². The Labute approximate surface area is 199 Å². The maximum Gasteiger partial charge on any atom is 0.433 e. The van der Waals surface area contributed by atoms with Crippen molar-refractivity contribution in [2.45, 2.75) is 25.4 Å². The molecular formula is C25H22F3N5O2. The van der Waals surface area contributed by atoms with Gasteiger partial charge in [-0.1, -0.05) is 6.07 Å². The van der Waals surface area contributed by atoms with Crippen molar-refractivity contribution in [1.29, 1.82) is 0 Å². The molecule has 0 aliphatic rings. The third-order valence-electron chi connectivity index (χ3n) is 5.30. The number of aromatic nitrogens is 4. The van der Waals surface area contributed by atoms with Crippen LogP contribution in [-0.2, 0) is 23.8 Å². The van der Waals surface area contributed by atoms with E-state index in [-0.39, 0.29) is 18.6 Å². The van der Waals surface area contributed by atoms with Crippen molar-refractivity contribution in [1.82, 2.24) is 19.9 Å². The van der Waals surface area contributed by atoms with Crippen LogP contribution in [0.15, 0.2) is 61.2 Å². The van der Waals surface area contributed by atoms with Gasteiger partial charge in [-0.25, -0.2) is 9.97 Å². The summed E-state index contributed by atoms with van der Waals surface area (Å²) in [5.74, 6) is 0.786. The molecule has 4 aromatic rings. The first kappa shape index (κ1) is 24.1. The van der Waals surface area contributed by atoms with Gasteiger partial charge in [0.2, 0.25) is 5.88 Å². The van der Waals surface area contributed by atoms with Crippen molar-refractivity contribution in [3.8, 4) is 11.6 Å². The quantitative estimate of drug-likeness (QED) is 0.349. The number of carbonyl (C=O) groups is 1. The normalized spacial score (nSPS) is 11.5. The molecule has 10 heteroatoms. The van der Waals surface area contributed by atoms with Gasteiger partial charge in [-0.2, -0.15) is 13.2 Å². The highest BCUT2D eigenvalue weighted by Gasteiger charge is 2.32. The Balaban J connectivity index is 1.35. The molecule has 4 rings (SSSR count). The van der Waals surface area contributed by atoms with Crippen molar-refractivity contribution >= 4 is 22.4 Å². The van der Waals surface area contributed by atoms with Gasteiger partial charge in [0, 0.05) is 44.5 Å². The van der Waals surface area contributed by atoms with E-state index in [4.69, 9.17) is 4.74 Å². The molecule has 180 valence electrons. The van der Waals surface area contributed by atoms with Gasteiger partial charge in [0.15, 0.2) is 0 Å². The van der Waals surface area contributed by atoms with Gasteiger partial charge in [-0.15, -0.1) is 0 Å². The Hall–Kier alpha value is -4.08. The van der Waals surface area contributed by atoms with E-state index in [1.807, 2.05) is 37.2 Å². The van der Waals surface area contributed by atoms with E-state index in [9.17, 15) is 18.0 Å². The number of nitrogens with zero attached hydrogens (tertiary/aromatic N) is 5. The zero-order valence-corrected chi connectivity index (χ0v) is 19.1. The van der Waals surface area contributed by atoms with Crippen LogP contribution in [0.5, 0.6) is 11.6 Å². The van der Waals surface area contributed by atoms with E-state index in [0.717, 1.165) is 28.9 Å². The summed E-state index contributed by atoms with van der Waals surface area (Å²) in [5.41, 5.74) is 1.94. The molecule has 0 radical (unpaired) electrons. The number of alkyl halides is 3. The van der Waals surface area contributed by atoms with Crippen LogP contribution in [-0.4, -0.2) is 39.8 Å². The first-order chi connectivity index (χ1) is 16.7. The second kappa shape index (κ2) is 10.0. The summed E-state index contributed by atoms with van der Waals surface area (Å²) in [7, 11) is 3.90. The fourth-order valence-electron chi connectivity index (χ4n) is 3.38. The second-order valence-corrected chi connectivity index (χ2v) is 8.13. The van der Waals surface area contributed by atoms with Crippen molar-refractivity contribution in [3.63, 3.8) is 0 Å². The van der Waals surface area contributed by atoms with Gasteiger partial charge in [0.05, 0.1) is 17.1 Å². The molecule has 0 fully saturated rings. The molecule has 3 aromatic heterocycles. The van der Waals surface area contributed by atoms with Gasteiger partial charge in [-0.05, 0) is 48.4 Å². The summed E-state index contributed by atoms with van der Waals surface area (Å²) in [6.45, 7) is 0. The van der Waals surface area contributed by atoms with Crippen LogP contribution in [0, 0.1) is 0 Å². The highest BCUT2D eigenvalue weighted by Crippen LogP contribution is 2.29. The lowest BCUT2D eigenvalue weighted by molar-refractivity contribution is -0.141. The first-order valence-electron chi connectivity index (χ1n) is 10.8. The highest BCUT2D eigenvalue weighted by molar-refractivity contribution is 5.86. The number of benzene rings is 1. The van der Waals surface area contributed by atoms with Gasteiger partial charge in [0.25, 0.3) is 0 Å². The number of fused-ring (bicyclic) bond motifs is 1. The Kier molecular flexibility index (Phi) is 6.90. The molecular weight excluding hydrogens is 459 g/mol. The number of halogens is 3. The van der Waals surface area contributed by atoms with Gasteiger partial charge in [0.1, 0.15) is 23.6 Å². The third kappa shape index (κ3) is 6.08. The number of hydrogen-bond donors (Lipinski definition) is 0. The molecule has 3 heterocycles. The molecule has 0 spiro atoms. The highest BCUT2D eigenvalue weighted by atomic mass is 19.4. The number of rotatable bonds is 8. The van der Waals surface area contributed by atoms with E-state index >= 15 is 0 Å². The molecule has 0 N–H and O–H groups in total. The Morgan fingerprint density at radius 2 is 1.80 bits per heavy atom. The monoisotopic (exact) mass is 481 g/mol. The van der Waals surface area contributed by atoms with Crippen molar-refractivity contribution in [2.75, 3.05) is 19.0 Å². The van der Waals surface area contributed by atoms with Gasteiger partial charge in [-0.3, -0.25) is 14.8 Å². The Morgan fingerprint density at radius 1 is 0.971 bits per heavy atom. The number of carbonyl (C=O) groups excluding carboxylic acids is 1. The minimum atomic E-state index is -4.48. The number of aryl methyl sites for hydroxylation is 1. The van der Waals surface area contributed by atoms with Crippen LogP contribution in [0.25, 0.3) is 10.9 Å². The lowest BCUT2D eigenvalue weighted by atomic mass is 10.1. The summed E-state index contributed by atoms with van der Waals surface area (Å²) in [6.07, 6.45) is 0.216. The average Bonchev–Trinajstić information content (AvgIpc) is 2.83. The van der Waals surface area contributed by atoms with E-state index in [2.05, 4.69) is 19.9 Å². The molecule has 0 aliphatic heterocycles. The maximum absolute atomic E-state index is 12.6. The molecule has 0 bridgehead atoms. The van der Waals surface area contributed by atoms with E-state index in [1.54, 1.807) is 12.1 Å². The van der Waals surface area contributed by atoms with Crippen LogP contribution in [0.3, 0.4) is 0 Å². The molecule has 0 saturated heterocycles. The Bertz CT molecular complexity index is 1320. The number of anilines is 1. The molecule has 0 unspecified atom stereocenters. The molecule has 0 saturated carbocycles. The number of pyridine rings is 2. The van der Waals surface area contributed by atoms with E-state index < -0.39 is 11.9 Å². The Morgan fingerprint density at radius 3 is 2.46 bits per heavy atom. The SMILES string of the molecule is CN(C)c1ccc2c(Oc3ccc(CC(=O)CCc4ccc(C(F)(F)F)nc4)nc3)ncnc2c1. The fraction of sp³-hybridized carbons (Fsp3) is 0.240. The number of Topliss-reactive ketones (excluding diaryl/α,β-unsaturated/α-hetero) is 1. The molecule has 0 aliphatic carbocycles. The fourth-order valence-corrected chi connectivity index (χ4v) is 3.38. The van der Waals surface area contributed by atoms with E-state index in [1.165, 1.54) is 18.6 Å². The zero-order chi connectivity index (χ0) is 25.0. The smallest absolute Gasteiger partial charge is 0.433 e. The van der Waals surface area contributed by atoms with Crippen molar-refractivity contribution < 1.29 is 22.7 Å². The van der Waals surface area contributed by atoms with Crippen LogP contribution in [0.2, 0.25) is 0 Å². The summed E-state index contributed by atoms with van der Waals surface area (Å²) < 4.78 is 43.7. The maximum atomic E-state index is 12.6. The lowest BCUT2D eigenvalue weighted by Gasteiger charge is -2.13. The van der Waals surface area contributed by atoms with E-state index in [0.29, 0.717) is 29.3 Å². The van der Waals surface area contributed by atoms with Gasteiger partial charge < -0.3 is 9.64 Å². The average molecular weight is 481 g/mol. The lowest BCUT2D eigenvalue weighted by Crippen LogP contribution is -2.09. The summed E-state index contributed by atoms with van der Waals surface area (Å²) in [6, 6.07) is 11.4. The van der Waals surface area contributed by atoms with Crippen LogP contribution < -0.4 is 9.64 Å². The number of hydrogen-bond acceptors (Lipinski definition) is 7. The molecule has 0 amide bonds. The summed E-state index contributed by atoms with van der Waals surface area (Å²) in [4.78, 5) is 30.5. The third-order valence-corrected chi connectivity index (χ3v) is 5.30. The number of ketones is 1. The van der Waals surface area contributed by atoms with Crippen LogP contribution in [0.4, 0.5) is 18.9 Å². The second-order valence-electron chi connectivity index (χ2n) is 8.13. The standard InChI is InChI=1S/C25H22F3N5O2/c1-33(2)18-6-9-21-22(12-18)31-15-32-24(21)35-20-8-5-17(29-14-20)11-19(34)7-3-16-4-10-23(30-13-16)25(26,27)28/h4-6,8-10,12-15H,3,7,11H2,1-2H3. The number of ether oxygens (including phenoxy) is 1.